The third-order valence-electron chi connectivity index (χ3n) is 27.6. The van der Waals surface area contributed by atoms with Gasteiger partial charge in [0.15, 0.2) is 23.2 Å². The maximum Gasteiger partial charge on any atom is 0.310 e. The van der Waals surface area contributed by atoms with Crippen LogP contribution in [-0.4, -0.2) is 246 Å². The molecule has 4 N–H and O–H groups in total. The second-order valence-electron chi connectivity index (χ2n) is 39.8. The Bertz CT molecular complexity index is 4850. The van der Waals surface area contributed by atoms with E-state index >= 15 is 0 Å². The summed E-state index contributed by atoms with van der Waals surface area (Å²) in [4.78, 5) is 124. The zero-order valence-corrected chi connectivity index (χ0v) is 75.7. The molecule has 10 fully saturated rings. The molecule has 29 nitrogen and oxygen atoms in total. The van der Waals surface area contributed by atoms with Crippen LogP contribution in [0.15, 0.2) is 73.1 Å². The zero-order chi connectivity index (χ0) is 89.1. The molecule has 0 spiro atoms. The van der Waals surface area contributed by atoms with Gasteiger partial charge in [-0.15, -0.1) is 5.10 Å². The molecule has 4 aromatic heterocycles. The van der Waals surface area contributed by atoms with E-state index in [0.717, 1.165) is 107 Å². The molecule has 680 valence electrons. The van der Waals surface area contributed by atoms with Crippen LogP contribution < -0.4 is 19.5 Å². The Balaban J connectivity index is 0.000000169. The smallest absolute Gasteiger partial charge is 0.310 e. The molecule has 6 aromatic rings. The number of pyridine rings is 2. The number of rotatable bonds is 34. The quantitative estimate of drug-likeness (QED) is 0.0273. The number of halogens is 1. The Morgan fingerprint density at radius 3 is 1.50 bits per heavy atom. The van der Waals surface area contributed by atoms with Crippen LogP contribution in [0.5, 0.6) is 17.2 Å². The number of anilines is 1. The minimum atomic E-state index is -1.14. The molecule has 6 aliphatic carbocycles. The number of carboxylic acids is 2. The zero-order valence-electron chi connectivity index (χ0n) is 74.9. The van der Waals surface area contributed by atoms with Gasteiger partial charge in [-0.1, -0.05) is 93.7 Å². The van der Waals surface area contributed by atoms with Gasteiger partial charge in [0.05, 0.1) is 108 Å². The molecule has 2 aromatic carbocycles. The Morgan fingerprint density at radius 2 is 1.03 bits per heavy atom. The van der Waals surface area contributed by atoms with Crippen molar-refractivity contribution < 1.29 is 86.8 Å². The molecular weight excluding hydrogens is 1620 g/mol. The number of Topliss-reactive ketones (excluding diaryl/α,β-unsaturated/α-hetero) is 2. The molecule has 16 rings (SSSR count). The highest BCUT2D eigenvalue weighted by Gasteiger charge is 2.63. The van der Waals surface area contributed by atoms with Crippen molar-refractivity contribution in [3.63, 3.8) is 0 Å². The number of carbonyl (C=O) groups excluding carboxylic acids is 6. The number of amides is 2. The molecule has 125 heavy (non-hydrogen) atoms. The van der Waals surface area contributed by atoms with Crippen molar-refractivity contribution in [2.75, 3.05) is 97.3 Å². The fourth-order valence-corrected chi connectivity index (χ4v) is 20.2. The van der Waals surface area contributed by atoms with Crippen LogP contribution >= 0.6 is 11.6 Å². The van der Waals surface area contributed by atoms with Gasteiger partial charge in [-0.25, -0.2) is 19.3 Å². The molecule has 16 atom stereocenters. The number of aromatic nitrogens is 6. The van der Waals surface area contributed by atoms with Crippen LogP contribution in [0.2, 0.25) is 5.02 Å². The monoisotopic (exact) mass is 1750 g/mol. The van der Waals surface area contributed by atoms with E-state index in [1.165, 1.54) is 17.7 Å². The number of hydrogen-bond acceptors (Lipinski definition) is 23. The van der Waals surface area contributed by atoms with Gasteiger partial charge >= 0.3 is 23.9 Å². The number of morpholine rings is 2. The van der Waals surface area contributed by atoms with Gasteiger partial charge < -0.3 is 63.6 Å². The van der Waals surface area contributed by atoms with Crippen molar-refractivity contribution >= 4 is 86.5 Å². The summed E-state index contributed by atoms with van der Waals surface area (Å²) in [5.41, 5.74) is -0.916. The third kappa shape index (κ3) is 22.6. The van der Waals surface area contributed by atoms with Gasteiger partial charge in [0, 0.05) is 131 Å². The first kappa shape index (κ1) is 92.3. The predicted octanol–water partition coefficient (Wildman–Crippen LogP) is 12.9. The highest BCUT2D eigenvalue weighted by Crippen LogP contribution is 2.60. The summed E-state index contributed by atoms with van der Waals surface area (Å²) in [5.74, 6) is 1.39. The average Bonchev–Trinajstić information content (AvgIpc) is 1.60. The largest absolute Gasteiger partial charge is 0.492 e. The van der Waals surface area contributed by atoms with E-state index < -0.39 is 81.7 Å². The van der Waals surface area contributed by atoms with Crippen molar-refractivity contribution in [1.82, 2.24) is 49.1 Å². The maximum atomic E-state index is 14.9. The first-order valence-corrected chi connectivity index (χ1v) is 46.1. The topological polar surface area (TPSA) is 348 Å². The first-order chi connectivity index (χ1) is 59.5. The molecular formula is C95H130ClN11O18. The summed E-state index contributed by atoms with van der Waals surface area (Å²) >= 11 is 6.52. The minimum Gasteiger partial charge on any atom is -0.492 e. The molecule has 6 unspecified atom stereocenters. The lowest BCUT2D eigenvalue weighted by molar-refractivity contribution is -0.157. The fraction of sp³-hybridized carbons (Fsp3) is 0.663. The number of benzene rings is 2. The van der Waals surface area contributed by atoms with Crippen LogP contribution in [0.25, 0.3) is 33.4 Å². The van der Waals surface area contributed by atoms with E-state index in [2.05, 4.69) is 34.1 Å². The molecule has 6 saturated carbocycles. The third-order valence-corrected chi connectivity index (χ3v) is 27.9. The Kier molecular flexibility index (Phi) is 28.8. The van der Waals surface area contributed by atoms with Crippen LogP contribution in [0.4, 0.5) is 5.82 Å². The van der Waals surface area contributed by atoms with Gasteiger partial charge in [-0.2, -0.15) is 5.10 Å². The fourth-order valence-electron chi connectivity index (χ4n) is 19.9. The Morgan fingerprint density at radius 1 is 0.568 bits per heavy atom. The number of aliphatic carboxylic acids is 2. The maximum absolute atomic E-state index is 14.9. The molecule has 30 heteroatoms. The summed E-state index contributed by atoms with van der Waals surface area (Å²) in [6.45, 7) is 33.3. The number of ketones is 2. The number of hydrogen-bond donors (Lipinski definition) is 4. The van der Waals surface area contributed by atoms with Crippen molar-refractivity contribution in [1.29, 1.82) is 0 Å². The van der Waals surface area contributed by atoms with Gasteiger partial charge in [-0.05, 0) is 154 Å². The number of carbonyl (C=O) groups is 8. The van der Waals surface area contributed by atoms with Crippen LogP contribution in [0.3, 0.4) is 0 Å². The highest BCUT2D eigenvalue weighted by atomic mass is 35.5. The summed E-state index contributed by atoms with van der Waals surface area (Å²) in [6, 6.07) is 17.5. The van der Waals surface area contributed by atoms with E-state index in [9.17, 15) is 53.7 Å². The van der Waals surface area contributed by atoms with Crippen LogP contribution in [0, 0.1) is 74.9 Å². The second kappa shape index (κ2) is 39.0. The number of esters is 2. The lowest BCUT2D eigenvalue weighted by Crippen LogP contribution is -2.48. The Hall–Kier alpha value is -8.87. The van der Waals surface area contributed by atoms with E-state index in [4.69, 9.17) is 59.8 Å². The summed E-state index contributed by atoms with van der Waals surface area (Å²) in [7, 11) is 0. The van der Waals surface area contributed by atoms with Crippen LogP contribution in [-0.2, 0) is 63.7 Å². The second-order valence-corrected chi connectivity index (χ2v) is 40.2. The molecule has 4 saturated heterocycles. The lowest BCUT2D eigenvalue weighted by Gasteiger charge is -2.35. The number of likely N-dealkylation sites (tertiary alicyclic amines) is 2. The number of nitrogens with zero attached hydrogens (tertiary/aromatic N) is 10. The Labute approximate surface area is 738 Å². The van der Waals surface area contributed by atoms with Crippen molar-refractivity contribution in [2.45, 2.75) is 235 Å². The van der Waals surface area contributed by atoms with Gasteiger partial charge in [-0.3, -0.25) is 48.2 Å². The van der Waals surface area contributed by atoms with Crippen molar-refractivity contribution in [2.24, 2.45) is 74.9 Å². The molecule has 10 aliphatic rings. The lowest BCUT2D eigenvalue weighted by atomic mass is 9.77. The normalized spacial score (nSPS) is 27.3. The number of carboxylic acid groups (broad SMARTS) is 2. The van der Waals surface area contributed by atoms with E-state index in [1.807, 2.05) is 142 Å². The number of β-amino-alcohol motifs (C(OH)–C–C–N with tert-alkyl or cyclic N) is 1. The standard InChI is InChI=1S/C47H64N6O9.C26H39NO7.C22H27ClN4O2/c1-7-31-25-47(31,45(57)58)26-39(54)38-22-34(27-52(38)44(56)36(46(4,5)6)23-43(55)62-33-19-29-18-30(29)20-33)61-40-24-42(53-11-10-41(50-53)48-28(2)3)49-37-21-32(8-9-35(37)40)60-17-14-51-12-15-59-16-13-51;1-5-16-11-26(16,24(32)33)12-21(29)20-9-17(28)13-27(20)23(31)19(25(2,3)4)10-22(30)34-18-7-14-6-15(14)8-18;1-16(2)13-17-5-6-27(25-17)22-15-20(23)19-4-3-18(14-21(19)24-22)29-12-9-26-7-10-28-11-8-26/h8-11,21,24,28-31,33-34,36,38H,7,12-20,22-23,25-27H2,1-6H3,(H,48,50)(H,57,58);14-20,28H,5-13H2,1-4H3,(H,32,33);3-6,14-16H,7-13H2,1-2H3/t29-,30?,31+,33?,34?,36+,38-,47+;14-,15?,16+,17?,18?,19+,20-,26+;/m00./s1. The first-order valence-electron chi connectivity index (χ1n) is 45.7. The number of nitrogens with one attached hydrogen (secondary N) is 1. The predicted molar refractivity (Wildman–Crippen MR) is 469 cm³/mol. The summed E-state index contributed by atoms with van der Waals surface area (Å²) in [5, 5.41) is 45.3. The van der Waals surface area contributed by atoms with Gasteiger partial charge in [0.25, 0.3) is 0 Å². The average molecular weight is 1750 g/mol. The molecule has 0 radical (unpaired) electrons. The van der Waals surface area contributed by atoms with Crippen molar-refractivity contribution in [3.05, 3.63) is 83.8 Å². The number of fused-ring (bicyclic) bond motifs is 4. The van der Waals surface area contributed by atoms with E-state index in [0.29, 0.717) is 127 Å². The molecule has 2 amide bonds. The summed E-state index contributed by atoms with van der Waals surface area (Å²) in [6.07, 6.45) is 11.0. The highest BCUT2D eigenvalue weighted by molar-refractivity contribution is 6.35. The van der Waals surface area contributed by atoms with E-state index in [1.54, 1.807) is 14.3 Å². The van der Waals surface area contributed by atoms with E-state index in [-0.39, 0.29) is 105 Å². The van der Waals surface area contributed by atoms with Crippen LogP contribution in [0.1, 0.15) is 192 Å². The number of aliphatic hydroxyl groups is 1. The SMILES string of the molecule is CC(C)Cc1ccn(-c2cc(Cl)c3ccc(OCCN4CCOCC4)cc3n2)n1.CC[C@@H]1C[C@]1(CC(=O)[C@@H]1CC(O)CN1C(=O)[C@@H](CC(=O)OC1CC2C[C@H]2C1)C(C)(C)C)C(=O)O.CC[C@@H]1C[C@]1(CC(=O)[C@@H]1CC(Oc2cc(-n3ccc(NC(C)C)n3)nc3cc(OCCN4CCOCC4)ccc23)CN1C(=O)[C@@H](CC(=O)OC1CC2C[C@H]2C1)C(C)(C)C)C(=O)O. The molecule has 8 heterocycles. The molecule has 4 aliphatic heterocycles. The van der Waals surface area contributed by atoms with Gasteiger partial charge in [0.1, 0.15) is 54.6 Å². The minimum absolute atomic E-state index is 0.0140. The summed E-state index contributed by atoms with van der Waals surface area (Å²) < 4.78 is 45.0. The molecule has 0 bridgehead atoms. The van der Waals surface area contributed by atoms with Crippen molar-refractivity contribution in [3.8, 4) is 28.9 Å². The number of ether oxygens (including phenoxy) is 7. The number of aliphatic hydroxyl groups excluding tert-OH is 1. The van der Waals surface area contributed by atoms with Gasteiger partial charge in [0.2, 0.25) is 11.8 Å².